The lowest BCUT2D eigenvalue weighted by Gasteiger charge is -2.26. The maximum atomic E-state index is 13.1. The summed E-state index contributed by atoms with van der Waals surface area (Å²) in [5, 5.41) is 11.1. The van der Waals surface area contributed by atoms with Gasteiger partial charge in [0.25, 0.3) is 11.7 Å². The number of aryl methyl sites for hydroxylation is 2. The minimum Gasteiger partial charge on any atom is -0.507 e. The minimum absolute atomic E-state index is 0.104. The molecule has 0 radical (unpaired) electrons. The van der Waals surface area contributed by atoms with Gasteiger partial charge in [-0.3, -0.25) is 9.59 Å². The highest BCUT2D eigenvalue weighted by molar-refractivity contribution is 6.46. The third kappa shape index (κ3) is 4.02. The van der Waals surface area contributed by atoms with Crippen LogP contribution in [-0.4, -0.2) is 28.8 Å². The van der Waals surface area contributed by atoms with Crippen molar-refractivity contribution < 1.29 is 19.4 Å². The van der Waals surface area contributed by atoms with Gasteiger partial charge in [0, 0.05) is 12.1 Å². The predicted molar refractivity (Wildman–Crippen MR) is 123 cm³/mol. The van der Waals surface area contributed by atoms with Gasteiger partial charge in [0.1, 0.15) is 11.5 Å². The lowest BCUT2D eigenvalue weighted by Crippen LogP contribution is -2.29. The van der Waals surface area contributed by atoms with Gasteiger partial charge in [-0.25, -0.2) is 0 Å². The SMILES string of the molecule is COc1cccc(CN2C(=O)C(=O)/C(=C(\O)c3ccc(C)cc3)C2c2cccc(C)c2)c1. The third-order valence-corrected chi connectivity index (χ3v) is 5.71. The molecule has 3 aromatic carbocycles. The van der Waals surface area contributed by atoms with Crippen LogP contribution in [0.1, 0.15) is 33.9 Å². The molecule has 5 heteroatoms. The van der Waals surface area contributed by atoms with Crippen molar-refractivity contribution in [2.75, 3.05) is 7.11 Å². The van der Waals surface area contributed by atoms with Crippen LogP contribution in [-0.2, 0) is 16.1 Å². The van der Waals surface area contributed by atoms with E-state index in [4.69, 9.17) is 4.74 Å². The van der Waals surface area contributed by atoms with Crippen LogP contribution < -0.4 is 4.74 Å². The Morgan fingerprint density at radius 1 is 0.938 bits per heavy atom. The molecule has 0 bridgehead atoms. The van der Waals surface area contributed by atoms with E-state index in [1.165, 1.54) is 4.90 Å². The Morgan fingerprint density at radius 2 is 1.66 bits per heavy atom. The van der Waals surface area contributed by atoms with Crippen LogP contribution in [0, 0.1) is 13.8 Å². The summed E-state index contributed by atoms with van der Waals surface area (Å²) in [4.78, 5) is 27.8. The zero-order valence-corrected chi connectivity index (χ0v) is 18.3. The number of aliphatic hydroxyl groups is 1. The first-order valence-corrected chi connectivity index (χ1v) is 10.4. The molecule has 4 rings (SSSR count). The lowest BCUT2D eigenvalue weighted by molar-refractivity contribution is -0.140. The fourth-order valence-electron chi connectivity index (χ4n) is 4.06. The molecule has 1 aliphatic rings. The molecule has 1 amide bonds. The first-order chi connectivity index (χ1) is 15.4. The van der Waals surface area contributed by atoms with Gasteiger partial charge >= 0.3 is 0 Å². The maximum absolute atomic E-state index is 13.1. The highest BCUT2D eigenvalue weighted by atomic mass is 16.5. The molecule has 162 valence electrons. The number of methoxy groups -OCH3 is 1. The molecule has 0 aromatic heterocycles. The number of carbonyl (C=O) groups excluding carboxylic acids is 2. The van der Waals surface area contributed by atoms with Gasteiger partial charge in [-0.2, -0.15) is 0 Å². The van der Waals surface area contributed by atoms with Crippen molar-refractivity contribution in [3.8, 4) is 5.75 Å². The standard InChI is InChI=1S/C27H25NO4/c1-17-10-12-20(13-11-17)25(29)23-24(21-8-4-6-18(2)14-21)28(27(31)26(23)30)16-19-7-5-9-22(15-19)32-3/h4-15,24,29H,16H2,1-3H3/b25-23-. The number of ketones is 1. The molecular formula is C27H25NO4. The molecule has 1 heterocycles. The number of nitrogens with zero attached hydrogens (tertiary/aromatic N) is 1. The van der Waals surface area contributed by atoms with Gasteiger partial charge in [-0.05, 0) is 37.1 Å². The van der Waals surface area contributed by atoms with Crippen molar-refractivity contribution in [2.45, 2.75) is 26.4 Å². The molecule has 1 saturated heterocycles. The van der Waals surface area contributed by atoms with E-state index < -0.39 is 17.7 Å². The van der Waals surface area contributed by atoms with Crippen LogP contribution in [0.3, 0.4) is 0 Å². The quantitative estimate of drug-likeness (QED) is 0.356. The number of Topliss-reactive ketones (excluding diaryl/α,β-unsaturated/α-hetero) is 1. The van der Waals surface area contributed by atoms with Crippen LogP contribution in [0.15, 0.2) is 78.4 Å². The number of rotatable bonds is 5. The monoisotopic (exact) mass is 427 g/mol. The van der Waals surface area contributed by atoms with Gasteiger partial charge in [0.15, 0.2) is 0 Å². The van der Waals surface area contributed by atoms with E-state index in [0.717, 1.165) is 22.3 Å². The van der Waals surface area contributed by atoms with Gasteiger partial charge in [0.2, 0.25) is 0 Å². The fraction of sp³-hybridized carbons (Fsp3) is 0.185. The third-order valence-electron chi connectivity index (χ3n) is 5.71. The number of carbonyl (C=O) groups is 2. The van der Waals surface area contributed by atoms with Crippen LogP contribution in [0.2, 0.25) is 0 Å². The van der Waals surface area contributed by atoms with Gasteiger partial charge in [-0.15, -0.1) is 0 Å². The molecule has 1 atom stereocenters. The Morgan fingerprint density at radius 3 is 2.34 bits per heavy atom. The Labute approximate surface area is 187 Å². The summed E-state index contributed by atoms with van der Waals surface area (Å²) in [6.45, 7) is 4.12. The summed E-state index contributed by atoms with van der Waals surface area (Å²) in [6, 6.07) is 21.6. The Kier molecular flexibility index (Phi) is 5.82. The number of hydrogen-bond donors (Lipinski definition) is 1. The van der Waals surface area contributed by atoms with Crippen molar-refractivity contribution in [3.63, 3.8) is 0 Å². The fourth-order valence-corrected chi connectivity index (χ4v) is 4.06. The maximum Gasteiger partial charge on any atom is 0.295 e. The second-order valence-electron chi connectivity index (χ2n) is 8.06. The molecule has 0 saturated carbocycles. The average Bonchev–Trinajstić information content (AvgIpc) is 3.04. The van der Waals surface area contributed by atoms with Crippen LogP contribution in [0.5, 0.6) is 5.75 Å². The predicted octanol–water partition coefficient (Wildman–Crippen LogP) is 4.93. The molecular weight excluding hydrogens is 402 g/mol. The number of hydrogen-bond acceptors (Lipinski definition) is 4. The van der Waals surface area contributed by atoms with Crippen molar-refractivity contribution >= 4 is 17.4 Å². The van der Waals surface area contributed by atoms with Gasteiger partial charge < -0.3 is 14.7 Å². The summed E-state index contributed by atoms with van der Waals surface area (Å²) < 4.78 is 5.30. The Balaban J connectivity index is 1.85. The lowest BCUT2D eigenvalue weighted by atomic mass is 9.94. The molecule has 32 heavy (non-hydrogen) atoms. The minimum atomic E-state index is -0.692. The average molecular weight is 428 g/mol. The van der Waals surface area contributed by atoms with E-state index >= 15 is 0 Å². The van der Waals surface area contributed by atoms with Crippen LogP contribution in [0.25, 0.3) is 5.76 Å². The van der Waals surface area contributed by atoms with Crippen molar-refractivity contribution in [3.05, 3.63) is 106 Å². The second kappa shape index (κ2) is 8.71. The summed E-state index contributed by atoms with van der Waals surface area (Å²) in [6.07, 6.45) is 0. The second-order valence-corrected chi connectivity index (χ2v) is 8.06. The van der Waals surface area contributed by atoms with E-state index in [2.05, 4.69) is 0 Å². The summed E-state index contributed by atoms with van der Waals surface area (Å²) in [5.74, 6) is -0.806. The van der Waals surface area contributed by atoms with Crippen molar-refractivity contribution in [2.24, 2.45) is 0 Å². The van der Waals surface area contributed by atoms with E-state index in [-0.39, 0.29) is 17.9 Å². The molecule has 1 fully saturated rings. The normalized spacial score (nSPS) is 17.6. The molecule has 5 nitrogen and oxygen atoms in total. The number of aliphatic hydroxyl groups excluding tert-OH is 1. The molecule has 3 aromatic rings. The van der Waals surface area contributed by atoms with Crippen molar-refractivity contribution in [1.29, 1.82) is 0 Å². The topological polar surface area (TPSA) is 66.8 Å². The molecule has 1 aliphatic heterocycles. The first kappa shape index (κ1) is 21.4. The van der Waals surface area contributed by atoms with E-state index in [0.29, 0.717) is 11.3 Å². The molecule has 1 unspecified atom stereocenters. The van der Waals surface area contributed by atoms with E-state index in [9.17, 15) is 14.7 Å². The van der Waals surface area contributed by atoms with Gasteiger partial charge in [-0.1, -0.05) is 71.8 Å². The smallest absolute Gasteiger partial charge is 0.295 e. The highest BCUT2D eigenvalue weighted by Gasteiger charge is 2.46. The number of benzene rings is 3. The van der Waals surface area contributed by atoms with Crippen LogP contribution >= 0.6 is 0 Å². The zero-order valence-electron chi connectivity index (χ0n) is 18.3. The van der Waals surface area contributed by atoms with E-state index in [1.807, 2.05) is 74.5 Å². The largest absolute Gasteiger partial charge is 0.507 e. The summed E-state index contributed by atoms with van der Waals surface area (Å²) in [5.41, 5.74) is 4.26. The van der Waals surface area contributed by atoms with E-state index in [1.54, 1.807) is 19.2 Å². The van der Waals surface area contributed by atoms with Crippen LogP contribution in [0.4, 0.5) is 0 Å². The highest BCUT2D eigenvalue weighted by Crippen LogP contribution is 2.40. The van der Waals surface area contributed by atoms with Gasteiger partial charge in [0.05, 0.1) is 18.7 Å². The number of likely N-dealkylation sites (tertiary alicyclic amines) is 1. The first-order valence-electron chi connectivity index (χ1n) is 10.4. The zero-order chi connectivity index (χ0) is 22.8. The summed E-state index contributed by atoms with van der Waals surface area (Å²) >= 11 is 0. The molecule has 0 aliphatic carbocycles. The molecule has 1 N–H and O–H groups in total. The summed E-state index contributed by atoms with van der Waals surface area (Å²) in [7, 11) is 1.58. The number of ether oxygens (including phenoxy) is 1. The molecule has 0 spiro atoms. The number of amides is 1. The Bertz CT molecular complexity index is 1210. The van der Waals surface area contributed by atoms with Crippen molar-refractivity contribution in [1.82, 2.24) is 4.90 Å². The Hall–Kier alpha value is -3.86.